The van der Waals surface area contributed by atoms with E-state index in [-0.39, 0.29) is 9.79 Å². The van der Waals surface area contributed by atoms with Crippen LogP contribution in [0.2, 0.25) is 0 Å². The first-order valence-electron chi connectivity index (χ1n) is 10.3. The van der Waals surface area contributed by atoms with Crippen molar-refractivity contribution in [1.82, 2.24) is 9.97 Å². The van der Waals surface area contributed by atoms with E-state index in [0.29, 0.717) is 22.8 Å². The first-order chi connectivity index (χ1) is 15.9. The lowest BCUT2D eigenvalue weighted by Gasteiger charge is -2.06. The summed E-state index contributed by atoms with van der Waals surface area (Å²) in [6.45, 7) is 3.81. The first-order valence-corrected chi connectivity index (χ1v) is 11.8. The Morgan fingerprint density at radius 2 is 1.06 bits per heavy atom. The molecule has 0 aliphatic rings. The molecule has 6 nitrogen and oxygen atoms in total. The summed E-state index contributed by atoms with van der Waals surface area (Å²) in [5.74, 6) is 0. The molecule has 33 heavy (non-hydrogen) atoms. The highest BCUT2D eigenvalue weighted by Crippen LogP contribution is 2.27. The zero-order valence-electron chi connectivity index (χ0n) is 18.3. The minimum atomic E-state index is -3.74. The molecule has 0 aliphatic carbocycles. The Bertz CT molecular complexity index is 1360. The van der Waals surface area contributed by atoms with Crippen LogP contribution in [0.15, 0.2) is 105 Å². The molecule has 0 aliphatic heterocycles. The predicted octanol–water partition coefficient (Wildman–Crippen LogP) is 5.43. The standard InChI is InChI=1S/C26H22N4O2S/c1-19-7-3-11-23(29-19)17-27-21-9-5-13-25(15-21)33(31,32)26-14-6-10-22(16-26)28-18-24-12-4-8-20(2)30-24/h3-18H,1-2H3. The van der Waals surface area contributed by atoms with E-state index in [1.807, 2.05) is 50.2 Å². The van der Waals surface area contributed by atoms with Gasteiger partial charge in [-0.15, -0.1) is 0 Å². The van der Waals surface area contributed by atoms with Gasteiger partial charge in [-0.05, 0) is 74.5 Å². The lowest BCUT2D eigenvalue weighted by Crippen LogP contribution is -2.01. The van der Waals surface area contributed by atoms with E-state index in [2.05, 4.69) is 20.0 Å². The Hall–Kier alpha value is -3.97. The summed E-state index contributed by atoms with van der Waals surface area (Å²) in [7, 11) is -3.74. The van der Waals surface area contributed by atoms with Crippen molar-refractivity contribution in [3.8, 4) is 0 Å². The topological polar surface area (TPSA) is 84.6 Å². The molecule has 2 heterocycles. The molecular formula is C26H22N4O2S. The predicted molar refractivity (Wildman–Crippen MR) is 131 cm³/mol. The molecule has 2 aromatic carbocycles. The number of benzene rings is 2. The highest BCUT2D eigenvalue weighted by atomic mass is 32.2. The van der Waals surface area contributed by atoms with Crippen LogP contribution in [0.3, 0.4) is 0 Å². The molecule has 0 atom stereocenters. The van der Waals surface area contributed by atoms with E-state index >= 15 is 0 Å². The maximum Gasteiger partial charge on any atom is 0.206 e. The van der Waals surface area contributed by atoms with Gasteiger partial charge in [0.25, 0.3) is 0 Å². The quantitative estimate of drug-likeness (QED) is 0.364. The number of aryl methyl sites for hydroxylation is 2. The van der Waals surface area contributed by atoms with E-state index in [4.69, 9.17) is 0 Å². The number of rotatable bonds is 6. The Kier molecular flexibility index (Phi) is 6.51. The Morgan fingerprint density at radius 3 is 1.48 bits per heavy atom. The smallest absolute Gasteiger partial charge is 0.206 e. The van der Waals surface area contributed by atoms with Crippen molar-refractivity contribution >= 4 is 33.6 Å². The van der Waals surface area contributed by atoms with Crippen LogP contribution in [0.25, 0.3) is 0 Å². The molecule has 0 unspecified atom stereocenters. The summed E-state index contributed by atoms with van der Waals surface area (Å²) >= 11 is 0. The van der Waals surface area contributed by atoms with Crippen molar-refractivity contribution in [1.29, 1.82) is 0 Å². The number of aromatic nitrogens is 2. The van der Waals surface area contributed by atoms with E-state index in [0.717, 1.165) is 11.4 Å². The minimum absolute atomic E-state index is 0.163. The van der Waals surface area contributed by atoms with Crippen LogP contribution in [-0.4, -0.2) is 30.8 Å². The van der Waals surface area contributed by atoms with Gasteiger partial charge in [0.2, 0.25) is 9.84 Å². The molecular weight excluding hydrogens is 432 g/mol. The molecule has 0 bridgehead atoms. The number of nitrogens with zero attached hydrogens (tertiary/aromatic N) is 4. The lowest BCUT2D eigenvalue weighted by atomic mass is 10.3. The number of sulfone groups is 1. The molecule has 0 saturated carbocycles. The van der Waals surface area contributed by atoms with Gasteiger partial charge in [0.05, 0.1) is 45.0 Å². The monoisotopic (exact) mass is 454 g/mol. The van der Waals surface area contributed by atoms with Gasteiger partial charge in [-0.3, -0.25) is 20.0 Å². The summed E-state index contributed by atoms with van der Waals surface area (Å²) in [4.78, 5) is 17.9. The molecule has 164 valence electrons. The average Bonchev–Trinajstić information content (AvgIpc) is 2.82. The third-order valence-electron chi connectivity index (χ3n) is 4.77. The van der Waals surface area contributed by atoms with Crippen molar-refractivity contribution in [2.45, 2.75) is 23.6 Å². The van der Waals surface area contributed by atoms with Crippen LogP contribution < -0.4 is 0 Å². The fraction of sp³-hybridized carbons (Fsp3) is 0.0769. The second-order valence-electron chi connectivity index (χ2n) is 7.42. The van der Waals surface area contributed by atoms with Gasteiger partial charge in [-0.25, -0.2) is 8.42 Å². The highest BCUT2D eigenvalue weighted by molar-refractivity contribution is 7.91. The van der Waals surface area contributed by atoms with Crippen LogP contribution in [0.1, 0.15) is 22.8 Å². The largest absolute Gasteiger partial charge is 0.255 e. The van der Waals surface area contributed by atoms with E-state index in [9.17, 15) is 8.42 Å². The average molecular weight is 455 g/mol. The summed E-state index contributed by atoms with van der Waals surface area (Å²) < 4.78 is 26.5. The van der Waals surface area contributed by atoms with Gasteiger partial charge < -0.3 is 0 Å². The second kappa shape index (κ2) is 9.67. The molecule has 0 N–H and O–H groups in total. The zero-order valence-corrected chi connectivity index (χ0v) is 19.1. The van der Waals surface area contributed by atoms with Crippen molar-refractivity contribution in [2.24, 2.45) is 9.98 Å². The molecule has 0 radical (unpaired) electrons. The van der Waals surface area contributed by atoms with Crippen LogP contribution in [0, 0.1) is 13.8 Å². The van der Waals surface area contributed by atoms with Crippen molar-refractivity contribution in [3.63, 3.8) is 0 Å². The SMILES string of the molecule is Cc1cccc(C=Nc2cccc(S(=O)(=O)c3cccc(N=Cc4cccc(C)n4)c3)c2)n1. The van der Waals surface area contributed by atoms with Gasteiger partial charge in [0, 0.05) is 11.4 Å². The van der Waals surface area contributed by atoms with Crippen LogP contribution >= 0.6 is 0 Å². The highest BCUT2D eigenvalue weighted by Gasteiger charge is 2.18. The minimum Gasteiger partial charge on any atom is -0.255 e. The lowest BCUT2D eigenvalue weighted by molar-refractivity contribution is 0.596. The van der Waals surface area contributed by atoms with Crippen LogP contribution in [0.4, 0.5) is 11.4 Å². The summed E-state index contributed by atoms with van der Waals surface area (Å²) in [6.07, 6.45) is 3.24. The molecule has 0 amide bonds. The number of hydrogen-bond acceptors (Lipinski definition) is 6. The number of hydrogen-bond donors (Lipinski definition) is 0. The van der Waals surface area contributed by atoms with E-state index in [1.54, 1.807) is 61.0 Å². The molecule has 4 rings (SSSR count). The fourth-order valence-electron chi connectivity index (χ4n) is 3.15. The van der Waals surface area contributed by atoms with Crippen molar-refractivity contribution in [3.05, 3.63) is 108 Å². The molecule has 4 aromatic rings. The molecule has 7 heteroatoms. The Labute approximate surface area is 193 Å². The normalized spacial score (nSPS) is 11.9. The van der Waals surface area contributed by atoms with Crippen LogP contribution in [0.5, 0.6) is 0 Å². The Morgan fingerprint density at radius 1 is 0.636 bits per heavy atom. The first kappa shape index (κ1) is 22.2. The summed E-state index contributed by atoms with van der Waals surface area (Å²) in [5, 5.41) is 0. The maximum atomic E-state index is 13.2. The third kappa shape index (κ3) is 5.64. The zero-order chi connectivity index (χ0) is 23.3. The van der Waals surface area contributed by atoms with Gasteiger partial charge >= 0.3 is 0 Å². The molecule has 0 saturated heterocycles. The molecule has 2 aromatic heterocycles. The van der Waals surface area contributed by atoms with Gasteiger partial charge in [-0.1, -0.05) is 24.3 Å². The Balaban J connectivity index is 1.59. The second-order valence-corrected chi connectivity index (χ2v) is 9.37. The third-order valence-corrected chi connectivity index (χ3v) is 6.52. The van der Waals surface area contributed by atoms with E-state index in [1.165, 1.54) is 0 Å². The molecule has 0 spiro atoms. The van der Waals surface area contributed by atoms with Gasteiger partial charge in [0.15, 0.2) is 0 Å². The maximum absolute atomic E-state index is 13.2. The summed E-state index contributed by atoms with van der Waals surface area (Å²) in [5.41, 5.74) is 4.24. The van der Waals surface area contributed by atoms with Crippen molar-refractivity contribution in [2.75, 3.05) is 0 Å². The van der Waals surface area contributed by atoms with Gasteiger partial charge in [-0.2, -0.15) is 0 Å². The van der Waals surface area contributed by atoms with Gasteiger partial charge in [0.1, 0.15) is 0 Å². The van der Waals surface area contributed by atoms with Crippen LogP contribution in [-0.2, 0) is 9.84 Å². The number of aliphatic imine (C=N–C) groups is 2. The summed E-state index contributed by atoms with van der Waals surface area (Å²) in [6, 6.07) is 24.4. The molecule has 0 fully saturated rings. The number of pyridine rings is 2. The van der Waals surface area contributed by atoms with Crippen molar-refractivity contribution < 1.29 is 8.42 Å². The fourth-order valence-corrected chi connectivity index (χ4v) is 4.49. The van der Waals surface area contributed by atoms with E-state index < -0.39 is 9.84 Å².